The molecule has 4 rings (SSSR count). The molecule has 4 amide bonds. The zero-order valence-corrected chi connectivity index (χ0v) is 19.8. The van der Waals surface area contributed by atoms with Crippen LogP contribution >= 0.6 is 15.9 Å². The van der Waals surface area contributed by atoms with Gasteiger partial charge in [-0.2, -0.15) is 0 Å². The number of carbonyl (C=O) groups is 3. The Labute approximate surface area is 199 Å². The van der Waals surface area contributed by atoms with Crippen molar-refractivity contribution in [2.75, 3.05) is 12.0 Å². The molecule has 1 aliphatic rings. The Morgan fingerprint density at radius 2 is 1.76 bits per heavy atom. The van der Waals surface area contributed by atoms with Crippen molar-refractivity contribution in [3.8, 4) is 11.5 Å². The first-order valence-electron chi connectivity index (χ1n) is 10.2. The van der Waals surface area contributed by atoms with Crippen LogP contribution in [0.2, 0.25) is 0 Å². The minimum atomic E-state index is -0.794. The van der Waals surface area contributed by atoms with E-state index in [2.05, 4.69) is 21.2 Å². The molecule has 0 spiro atoms. The van der Waals surface area contributed by atoms with Crippen molar-refractivity contribution >= 4 is 56.3 Å². The molecule has 1 N–H and O–H groups in total. The highest BCUT2D eigenvalue weighted by atomic mass is 79.9. The van der Waals surface area contributed by atoms with Gasteiger partial charge in [0.25, 0.3) is 11.8 Å². The third-order valence-electron chi connectivity index (χ3n) is 5.03. The van der Waals surface area contributed by atoms with Crippen molar-refractivity contribution in [3.05, 3.63) is 70.2 Å². The number of benzene rings is 3. The van der Waals surface area contributed by atoms with Crippen molar-refractivity contribution in [3.63, 3.8) is 0 Å². The lowest BCUT2D eigenvalue weighted by Crippen LogP contribution is -2.54. The highest BCUT2D eigenvalue weighted by Crippen LogP contribution is 2.38. The number of nitrogens with one attached hydrogen (secondary N) is 1. The number of hydrogen-bond donors (Lipinski definition) is 1. The lowest BCUT2D eigenvalue weighted by Gasteiger charge is -2.27. The van der Waals surface area contributed by atoms with Crippen molar-refractivity contribution in [1.82, 2.24) is 5.32 Å². The summed E-state index contributed by atoms with van der Waals surface area (Å²) < 4.78 is 11.8. The molecule has 0 saturated carbocycles. The molecule has 1 fully saturated rings. The molecule has 1 aliphatic heterocycles. The molecule has 0 radical (unpaired) electrons. The van der Waals surface area contributed by atoms with E-state index in [1.54, 1.807) is 24.3 Å². The molecule has 168 valence electrons. The molecule has 1 saturated heterocycles. The molecule has 7 nitrogen and oxygen atoms in total. The minimum absolute atomic E-state index is 0.0784. The third-order valence-corrected chi connectivity index (χ3v) is 5.61. The van der Waals surface area contributed by atoms with E-state index < -0.39 is 17.8 Å². The monoisotopic (exact) mass is 508 g/mol. The van der Waals surface area contributed by atoms with Crippen molar-refractivity contribution in [2.45, 2.75) is 20.0 Å². The molecule has 33 heavy (non-hydrogen) atoms. The quantitative estimate of drug-likeness (QED) is 0.384. The number of imide groups is 2. The lowest BCUT2D eigenvalue weighted by molar-refractivity contribution is -0.122. The summed E-state index contributed by atoms with van der Waals surface area (Å²) >= 11 is 3.46. The first kappa shape index (κ1) is 22.5. The van der Waals surface area contributed by atoms with E-state index in [-0.39, 0.29) is 11.7 Å². The van der Waals surface area contributed by atoms with Crippen LogP contribution in [0.5, 0.6) is 11.5 Å². The highest BCUT2D eigenvalue weighted by molar-refractivity contribution is 9.10. The molecule has 8 heteroatoms. The van der Waals surface area contributed by atoms with Crippen LogP contribution in [-0.4, -0.2) is 31.1 Å². The summed E-state index contributed by atoms with van der Waals surface area (Å²) in [5.41, 5.74) is 0.753. The van der Waals surface area contributed by atoms with Crippen LogP contribution in [0.1, 0.15) is 19.4 Å². The summed E-state index contributed by atoms with van der Waals surface area (Å²) in [6.45, 7) is 3.79. The number of halogens is 1. The largest absolute Gasteiger partial charge is 0.493 e. The number of barbiturate groups is 1. The van der Waals surface area contributed by atoms with E-state index in [0.717, 1.165) is 15.7 Å². The SMILES string of the molecule is COc1cc(C=C2C(=O)NC(=O)N(c3cccc4ccccc34)C2=O)cc(Br)c1OC(C)C. The van der Waals surface area contributed by atoms with E-state index in [0.29, 0.717) is 27.2 Å². The van der Waals surface area contributed by atoms with E-state index >= 15 is 0 Å². The summed E-state index contributed by atoms with van der Waals surface area (Å²) in [4.78, 5) is 39.6. The van der Waals surface area contributed by atoms with Gasteiger partial charge in [-0.15, -0.1) is 0 Å². The Bertz CT molecular complexity index is 1310. The maximum absolute atomic E-state index is 13.4. The molecule has 1 heterocycles. The van der Waals surface area contributed by atoms with Crippen molar-refractivity contribution in [2.24, 2.45) is 0 Å². The number of fused-ring (bicyclic) bond motifs is 1. The summed E-state index contributed by atoms with van der Waals surface area (Å²) in [6.07, 6.45) is 1.35. The maximum Gasteiger partial charge on any atom is 0.335 e. The third kappa shape index (κ3) is 4.34. The normalized spacial score (nSPS) is 15.4. The van der Waals surface area contributed by atoms with Gasteiger partial charge in [0.05, 0.1) is 23.4 Å². The van der Waals surface area contributed by atoms with Crippen LogP contribution in [0.25, 0.3) is 16.8 Å². The Kier molecular flexibility index (Phi) is 6.20. The van der Waals surface area contributed by atoms with Gasteiger partial charge < -0.3 is 9.47 Å². The van der Waals surface area contributed by atoms with E-state index in [1.165, 1.54) is 13.2 Å². The van der Waals surface area contributed by atoms with Gasteiger partial charge >= 0.3 is 6.03 Å². The van der Waals surface area contributed by atoms with Gasteiger partial charge in [0, 0.05) is 5.39 Å². The Morgan fingerprint density at radius 3 is 2.48 bits per heavy atom. The van der Waals surface area contributed by atoms with Crippen molar-refractivity contribution in [1.29, 1.82) is 0 Å². The van der Waals surface area contributed by atoms with Crippen LogP contribution < -0.4 is 19.7 Å². The number of methoxy groups -OCH3 is 1. The van der Waals surface area contributed by atoms with Crippen LogP contribution in [-0.2, 0) is 9.59 Å². The fourth-order valence-electron chi connectivity index (χ4n) is 3.62. The molecule has 0 aliphatic carbocycles. The Hall–Kier alpha value is -3.65. The average Bonchev–Trinajstić information content (AvgIpc) is 2.78. The summed E-state index contributed by atoms with van der Waals surface area (Å²) in [5.74, 6) is -0.519. The second kappa shape index (κ2) is 9.07. The predicted molar refractivity (Wildman–Crippen MR) is 129 cm³/mol. The number of ether oxygens (including phenoxy) is 2. The number of rotatable bonds is 5. The molecular formula is C25H21BrN2O5. The molecule has 0 unspecified atom stereocenters. The molecule has 0 aromatic heterocycles. The fraction of sp³-hybridized carbons (Fsp3) is 0.160. The van der Waals surface area contributed by atoms with Gasteiger partial charge in [-0.1, -0.05) is 36.4 Å². The summed E-state index contributed by atoms with van der Waals surface area (Å²) in [6, 6.07) is 15.3. The fourth-order valence-corrected chi connectivity index (χ4v) is 4.17. The molecular weight excluding hydrogens is 488 g/mol. The molecule has 3 aromatic rings. The van der Waals surface area contributed by atoms with E-state index in [4.69, 9.17) is 9.47 Å². The van der Waals surface area contributed by atoms with E-state index in [9.17, 15) is 14.4 Å². The lowest BCUT2D eigenvalue weighted by atomic mass is 10.0. The summed E-state index contributed by atoms with van der Waals surface area (Å²) in [7, 11) is 1.51. The van der Waals surface area contributed by atoms with Gasteiger partial charge in [0.15, 0.2) is 11.5 Å². The second-order valence-corrected chi connectivity index (χ2v) is 8.51. The first-order valence-corrected chi connectivity index (χ1v) is 11.0. The Morgan fingerprint density at radius 1 is 1.03 bits per heavy atom. The van der Waals surface area contributed by atoms with Crippen molar-refractivity contribution < 1.29 is 23.9 Å². The molecule has 0 atom stereocenters. The first-order chi connectivity index (χ1) is 15.8. The van der Waals surface area contributed by atoms with Gasteiger partial charge in [-0.3, -0.25) is 14.9 Å². The topological polar surface area (TPSA) is 84.9 Å². The van der Waals surface area contributed by atoms with Gasteiger partial charge in [0.2, 0.25) is 0 Å². The molecule has 0 bridgehead atoms. The van der Waals surface area contributed by atoms with Gasteiger partial charge in [0.1, 0.15) is 5.57 Å². The number of hydrogen-bond acceptors (Lipinski definition) is 5. The zero-order valence-electron chi connectivity index (χ0n) is 18.2. The smallest absolute Gasteiger partial charge is 0.335 e. The van der Waals surface area contributed by atoms with Crippen LogP contribution in [0.4, 0.5) is 10.5 Å². The highest BCUT2D eigenvalue weighted by Gasteiger charge is 2.37. The molecule has 3 aromatic carbocycles. The summed E-state index contributed by atoms with van der Waals surface area (Å²) in [5, 5.41) is 3.85. The average molecular weight is 509 g/mol. The number of nitrogens with zero attached hydrogens (tertiary/aromatic N) is 1. The number of anilines is 1. The van der Waals surface area contributed by atoms with Crippen LogP contribution in [0, 0.1) is 0 Å². The number of carbonyl (C=O) groups excluding carboxylic acids is 3. The van der Waals surface area contributed by atoms with Gasteiger partial charge in [-0.05, 0) is 65.0 Å². The maximum atomic E-state index is 13.4. The number of amides is 4. The predicted octanol–water partition coefficient (Wildman–Crippen LogP) is 5.06. The van der Waals surface area contributed by atoms with Crippen LogP contribution in [0.3, 0.4) is 0 Å². The minimum Gasteiger partial charge on any atom is -0.493 e. The van der Waals surface area contributed by atoms with Crippen LogP contribution in [0.15, 0.2) is 64.6 Å². The Balaban J connectivity index is 1.78. The standard InChI is InChI=1S/C25H21BrN2O5/c1-14(2)33-22-19(26)12-15(13-21(22)32-3)11-18-23(29)27-25(31)28(24(18)30)20-10-6-8-16-7-4-5-9-17(16)20/h4-14H,1-3H3,(H,27,29,31). The zero-order chi connectivity index (χ0) is 23.7. The van der Waals surface area contributed by atoms with E-state index in [1.807, 2.05) is 44.2 Å². The number of urea groups is 1. The van der Waals surface area contributed by atoms with Gasteiger partial charge in [-0.25, -0.2) is 9.69 Å². The second-order valence-electron chi connectivity index (χ2n) is 7.66.